The number of nitrogen functional groups attached to an aromatic ring is 1. The van der Waals surface area contributed by atoms with Crippen LogP contribution in [-0.4, -0.2) is 36.0 Å². The van der Waals surface area contributed by atoms with E-state index < -0.39 is 0 Å². The molecule has 2 aliphatic heterocycles. The molecule has 3 rings (SSSR count). The number of benzene rings is 1. The van der Waals surface area contributed by atoms with Crippen LogP contribution in [0.5, 0.6) is 0 Å². The molecule has 1 amide bonds. The molecular weight excluding hydrogens is 330 g/mol. The van der Waals surface area contributed by atoms with Crippen LogP contribution in [-0.2, 0) is 0 Å². The summed E-state index contributed by atoms with van der Waals surface area (Å²) in [6, 6.07) is 6.90. The van der Waals surface area contributed by atoms with E-state index in [1.54, 1.807) is 6.07 Å². The second-order valence-electron chi connectivity index (χ2n) is 6.28. The maximum Gasteiger partial charge on any atom is 0.251 e. The highest BCUT2D eigenvalue weighted by Gasteiger charge is 2.36. The van der Waals surface area contributed by atoms with Crippen molar-refractivity contribution in [2.45, 2.75) is 50.2 Å². The minimum Gasteiger partial charge on any atom is -0.398 e. The number of carbonyl (C=O) groups is 1. The lowest BCUT2D eigenvalue weighted by Crippen LogP contribution is -2.55. The molecule has 2 bridgehead atoms. The van der Waals surface area contributed by atoms with Crippen molar-refractivity contribution >= 4 is 27.5 Å². The summed E-state index contributed by atoms with van der Waals surface area (Å²) < 4.78 is 0.827. The van der Waals surface area contributed by atoms with Gasteiger partial charge in [-0.2, -0.15) is 0 Å². The zero-order chi connectivity index (χ0) is 15.0. The van der Waals surface area contributed by atoms with E-state index in [2.05, 4.69) is 33.2 Å². The lowest BCUT2D eigenvalue weighted by atomic mass is 9.82. The fourth-order valence-corrected chi connectivity index (χ4v) is 3.93. The largest absolute Gasteiger partial charge is 0.398 e. The number of hydrogen-bond acceptors (Lipinski definition) is 3. The van der Waals surface area contributed by atoms with Crippen LogP contribution in [0, 0.1) is 0 Å². The van der Waals surface area contributed by atoms with Crippen molar-refractivity contribution < 1.29 is 4.79 Å². The zero-order valence-electron chi connectivity index (χ0n) is 12.3. The summed E-state index contributed by atoms with van der Waals surface area (Å²) in [5, 5.41) is 3.19. The summed E-state index contributed by atoms with van der Waals surface area (Å²) in [5.74, 6) is -0.0122. The molecule has 5 heteroatoms. The minimum atomic E-state index is -0.0122. The molecule has 2 atom stereocenters. The summed E-state index contributed by atoms with van der Waals surface area (Å²) in [5.41, 5.74) is 7.09. The standard InChI is InChI=1S/C16H22BrN3O/c1-20-12-3-2-4-13(20)9-11(8-12)19-16(21)10-5-6-14(17)15(18)7-10/h5-7,11-13H,2-4,8-9,18H2,1H3,(H,19,21). The fraction of sp³-hybridized carbons (Fsp3) is 0.562. The number of nitrogens with two attached hydrogens (primary N) is 1. The lowest BCUT2D eigenvalue weighted by Gasteiger charge is -2.47. The van der Waals surface area contributed by atoms with Crippen molar-refractivity contribution in [3.05, 3.63) is 28.2 Å². The van der Waals surface area contributed by atoms with Gasteiger partial charge in [0, 0.05) is 33.8 Å². The fourth-order valence-electron chi connectivity index (χ4n) is 3.69. The number of amides is 1. The number of rotatable bonds is 2. The highest BCUT2D eigenvalue weighted by molar-refractivity contribution is 9.10. The van der Waals surface area contributed by atoms with Crippen molar-refractivity contribution in [3.8, 4) is 0 Å². The number of hydrogen-bond donors (Lipinski definition) is 2. The Hall–Kier alpha value is -1.07. The van der Waals surface area contributed by atoms with Crippen LogP contribution < -0.4 is 11.1 Å². The molecule has 2 aliphatic rings. The van der Waals surface area contributed by atoms with Crippen molar-refractivity contribution in [2.24, 2.45) is 0 Å². The predicted molar refractivity (Wildman–Crippen MR) is 88.2 cm³/mol. The van der Waals surface area contributed by atoms with Crippen LogP contribution in [0.1, 0.15) is 42.5 Å². The molecule has 4 nitrogen and oxygen atoms in total. The summed E-state index contributed by atoms with van der Waals surface area (Å²) in [6.45, 7) is 0. The monoisotopic (exact) mass is 351 g/mol. The van der Waals surface area contributed by atoms with Gasteiger partial charge in [0.05, 0.1) is 0 Å². The summed E-state index contributed by atoms with van der Waals surface area (Å²) in [7, 11) is 2.22. The molecule has 114 valence electrons. The smallest absolute Gasteiger partial charge is 0.251 e. The van der Waals surface area contributed by atoms with E-state index in [1.807, 2.05) is 12.1 Å². The molecule has 0 aliphatic carbocycles. The van der Waals surface area contributed by atoms with Crippen LogP contribution in [0.4, 0.5) is 5.69 Å². The summed E-state index contributed by atoms with van der Waals surface area (Å²) in [4.78, 5) is 14.9. The van der Waals surface area contributed by atoms with Gasteiger partial charge in [0.2, 0.25) is 0 Å². The van der Waals surface area contributed by atoms with E-state index >= 15 is 0 Å². The highest BCUT2D eigenvalue weighted by Crippen LogP contribution is 2.32. The quantitative estimate of drug-likeness (QED) is 0.805. The first-order chi connectivity index (χ1) is 10.0. The van der Waals surface area contributed by atoms with Crippen LogP contribution in [0.3, 0.4) is 0 Å². The minimum absolute atomic E-state index is 0.0122. The average molecular weight is 352 g/mol. The number of fused-ring (bicyclic) bond motifs is 2. The lowest BCUT2D eigenvalue weighted by molar-refractivity contribution is 0.0463. The molecule has 0 saturated carbocycles. The maximum absolute atomic E-state index is 12.4. The molecule has 2 fully saturated rings. The van der Waals surface area contributed by atoms with Crippen LogP contribution in [0.25, 0.3) is 0 Å². The highest BCUT2D eigenvalue weighted by atomic mass is 79.9. The zero-order valence-corrected chi connectivity index (χ0v) is 13.9. The van der Waals surface area contributed by atoms with Gasteiger partial charge in [0.25, 0.3) is 5.91 Å². The van der Waals surface area contributed by atoms with Crippen LogP contribution in [0.15, 0.2) is 22.7 Å². The Morgan fingerprint density at radius 1 is 1.33 bits per heavy atom. The third-order valence-corrected chi connectivity index (χ3v) is 5.66. The van der Waals surface area contributed by atoms with E-state index in [4.69, 9.17) is 5.73 Å². The van der Waals surface area contributed by atoms with Gasteiger partial charge in [-0.15, -0.1) is 0 Å². The van der Waals surface area contributed by atoms with Crippen LogP contribution >= 0.6 is 15.9 Å². The molecular formula is C16H22BrN3O. The molecule has 0 radical (unpaired) electrons. The maximum atomic E-state index is 12.4. The third-order valence-electron chi connectivity index (χ3n) is 4.93. The topological polar surface area (TPSA) is 58.4 Å². The predicted octanol–water partition coefficient (Wildman–Crippen LogP) is 2.78. The number of halogens is 1. The van der Waals surface area contributed by atoms with Crippen molar-refractivity contribution in [2.75, 3.05) is 12.8 Å². The van der Waals surface area contributed by atoms with Gasteiger partial charge < -0.3 is 16.0 Å². The van der Waals surface area contributed by atoms with E-state index in [0.29, 0.717) is 23.3 Å². The SMILES string of the molecule is CN1C2CCCC1CC(NC(=O)c1ccc(Br)c(N)c1)C2. The number of nitrogens with one attached hydrogen (secondary N) is 1. The van der Waals surface area contributed by atoms with Crippen molar-refractivity contribution in [3.63, 3.8) is 0 Å². The normalized spacial score (nSPS) is 29.1. The molecule has 1 aromatic rings. The number of nitrogens with zero attached hydrogens (tertiary/aromatic N) is 1. The summed E-state index contributed by atoms with van der Waals surface area (Å²) in [6.07, 6.45) is 5.95. The van der Waals surface area contributed by atoms with E-state index in [0.717, 1.165) is 17.3 Å². The van der Waals surface area contributed by atoms with Gasteiger partial charge in [-0.1, -0.05) is 6.42 Å². The average Bonchev–Trinajstić information content (AvgIpc) is 2.43. The molecule has 2 heterocycles. The van der Waals surface area contributed by atoms with Crippen molar-refractivity contribution in [1.82, 2.24) is 10.2 Å². The van der Waals surface area contributed by atoms with Gasteiger partial charge in [0.1, 0.15) is 0 Å². The third kappa shape index (κ3) is 3.09. The second kappa shape index (κ2) is 5.97. The Morgan fingerprint density at radius 2 is 2.00 bits per heavy atom. The molecule has 0 aromatic heterocycles. The first-order valence-corrected chi connectivity index (χ1v) is 8.41. The second-order valence-corrected chi connectivity index (χ2v) is 7.14. The van der Waals surface area contributed by atoms with Gasteiger partial charge in [-0.25, -0.2) is 0 Å². The number of piperidine rings is 2. The van der Waals surface area contributed by atoms with Crippen LogP contribution in [0.2, 0.25) is 0 Å². The van der Waals surface area contributed by atoms with E-state index in [-0.39, 0.29) is 11.9 Å². The van der Waals surface area contributed by atoms with Gasteiger partial charge in [-0.3, -0.25) is 4.79 Å². The first-order valence-electron chi connectivity index (χ1n) is 7.62. The van der Waals surface area contributed by atoms with E-state index in [9.17, 15) is 4.79 Å². The molecule has 3 N–H and O–H groups in total. The molecule has 1 aromatic carbocycles. The Kier molecular flexibility index (Phi) is 4.22. The molecule has 2 unspecified atom stereocenters. The van der Waals surface area contributed by atoms with Gasteiger partial charge >= 0.3 is 0 Å². The summed E-state index contributed by atoms with van der Waals surface area (Å²) >= 11 is 3.35. The van der Waals surface area contributed by atoms with Crippen molar-refractivity contribution in [1.29, 1.82) is 0 Å². The van der Waals surface area contributed by atoms with E-state index in [1.165, 1.54) is 19.3 Å². The molecule has 2 saturated heterocycles. The Labute approximate surface area is 134 Å². The number of anilines is 1. The Balaban J connectivity index is 1.66. The Bertz CT molecular complexity index is 534. The molecule has 21 heavy (non-hydrogen) atoms. The molecule has 0 spiro atoms. The number of carbonyl (C=O) groups excluding carboxylic acids is 1. The Morgan fingerprint density at radius 3 is 2.62 bits per heavy atom. The van der Waals surface area contributed by atoms with Gasteiger partial charge in [-0.05, 0) is 66.9 Å². The first kappa shape index (κ1) is 14.9. The van der Waals surface area contributed by atoms with Gasteiger partial charge in [0.15, 0.2) is 0 Å².